The molecule has 2 aliphatic rings. The molecule has 1 aliphatic carbocycles. The molecule has 1 aliphatic heterocycles. The minimum atomic E-state index is -0.244. The molecule has 0 unspecified atom stereocenters. The van der Waals surface area contributed by atoms with Crippen LogP contribution in [0.4, 0.5) is 4.39 Å². The lowest BCUT2D eigenvalue weighted by atomic mass is 10.1. The Labute approximate surface area is 127 Å². The molecule has 2 aromatic rings. The van der Waals surface area contributed by atoms with Gasteiger partial charge in [-0.25, -0.2) is 4.39 Å². The van der Waals surface area contributed by atoms with Crippen molar-refractivity contribution in [2.75, 3.05) is 0 Å². The van der Waals surface area contributed by atoms with E-state index < -0.39 is 0 Å². The summed E-state index contributed by atoms with van der Waals surface area (Å²) < 4.78 is 15.0. The number of hydrogen-bond donors (Lipinski definition) is 1. The number of rotatable bonds is 4. The van der Waals surface area contributed by atoms with E-state index in [0.29, 0.717) is 6.54 Å². The monoisotopic (exact) mass is 300 g/mol. The first-order valence-electron chi connectivity index (χ1n) is 7.66. The summed E-state index contributed by atoms with van der Waals surface area (Å²) in [7, 11) is 0. The summed E-state index contributed by atoms with van der Waals surface area (Å²) in [6, 6.07) is 6.42. The van der Waals surface area contributed by atoms with Gasteiger partial charge in [-0.1, -0.05) is 12.1 Å². The van der Waals surface area contributed by atoms with E-state index in [1.807, 2.05) is 0 Å². The van der Waals surface area contributed by atoms with E-state index in [1.165, 1.54) is 12.1 Å². The van der Waals surface area contributed by atoms with Crippen molar-refractivity contribution in [2.45, 2.75) is 38.3 Å². The predicted molar refractivity (Wildman–Crippen MR) is 77.4 cm³/mol. The van der Waals surface area contributed by atoms with Gasteiger partial charge in [0.25, 0.3) is 0 Å². The van der Waals surface area contributed by atoms with Gasteiger partial charge in [0.15, 0.2) is 5.82 Å². The van der Waals surface area contributed by atoms with Crippen molar-refractivity contribution in [1.29, 1.82) is 0 Å². The average Bonchev–Trinajstić information content (AvgIpc) is 3.01. The normalized spacial score (nSPS) is 22.4. The van der Waals surface area contributed by atoms with Crippen molar-refractivity contribution in [1.82, 2.24) is 20.1 Å². The minimum absolute atomic E-state index is 0.00793. The van der Waals surface area contributed by atoms with Gasteiger partial charge in [0.1, 0.15) is 11.6 Å². The second kappa shape index (κ2) is 5.19. The molecular formula is C16H17FN4O. The number of carbonyl (C=O) groups is 1. The summed E-state index contributed by atoms with van der Waals surface area (Å²) in [5, 5.41) is 11.2. The van der Waals surface area contributed by atoms with Gasteiger partial charge < -0.3 is 9.88 Å². The molecule has 5 nitrogen and oxygen atoms in total. The zero-order chi connectivity index (χ0) is 15.1. The van der Waals surface area contributed by atoms with Crippen molar-refractivity contribution >= 4 is 5.91 Å². The Hall–Kier alpha value is -2.24. The number of nitrogens with one attached hydrogen (secondary N) is 1. The van der Waals surface area contributed by atoms with Crippen LogP contribution in [0, 0.1) is 11.7 Å². The molecule has 1 N–H and O–H groups in total. The van der Waals surface area contributed by atoms with E-state index in [1.54, 1.807) is 12.1 Å². The SMILES string of the molecule is O=C(NCc1nnc2n1CCC2)[C@H]1C[C@@H]1c1ccc(F)cc1. The molecule has 1 aromatic heterocycles. The zero-order valence-electron chi connectivity index (χ0n) is 12.1. The topological polar surface area (TPSA) is 59.8 Å². The van der Waals surface area contributed by atoms with E-state index >= 15 is 0 Å². The average molecular weight is 300 g/mol. The molecule has 6 heteroatoms. The molecule has 0 saturated heterocycles. The molecule has 0 radical (unpaired) electrons. The molecule has 2 heterocycles. The molecular weight excluding hydrogens is 283 g/mol. The number of aromatic nitrogens is 3. The number of hydrogen-bond acceptors (Lipinski definition) is 3. The van der Waals surface area contributed by atoms with Gasteiger partial charge in [-0.3, -0.25) is 4.79 Å². The zero-order valence-corrected chi connectivity index (χ0v) is 12.1. The highest BCUT2D eigenvalue weighted by Gasteiger charge is 2.43. The fraction of sp³-hybridized carbons (Fsp3) is 0.438. The molecule has 114 valence electrons. The van der Waals surface area contributed by atoms with Gasteiger partial charge in [-0.15, -0.1) is 10.2 Å². The third-order valence-corrected chi connectivity index (χ3v) is 4.53. The van der Waals surface area contributed by atoms with Gasteiger partial charge in [0.2, 0.25) is 5.91 Å². The smallest absolute Gasteiger partial charge is 0.224 e. The van der Waals surface area contributed by atoms with Crippen LogP contribution in [0.3, 0.4) is 0 Å². The molecule has 4 rings (SSSR count). The summed E-state index contributed by atoms with van der Waals surface area (Å²) >= 11 is 0. The quantitative estimate of drug-likeness (QED) is 0.936. The van der Waals surface area contributed by atoms with Crippen molar-refractivity contribution in [2.24, 2.45) is 5.92 Å². The highest BCUT2D eigenvalue weighted by atomic mass is 19.1. The van der Waals surface area contributed by atoms with Crippen molar-refractivity contribution in [3.8, 4) is 0 Å². The fourth-order valence-corrected chi connectivity index (χ4v) is 3.20. The summed E-state index contributed by atoms with van der Waals surface area (Å²) in [6.07, 6.45) is 2.90. The second-order valence-corrected chi connectivity index (χ2v) is 6.01. The maximum absolute atomic E-state index is 12.9. The van der Waals surface area contributed by atoms with Crippen LogP contribution >= 0.6 is 0 Å². The Morgan fingerprint density at radius 2 is 2.14 bits per heavy atom. The Bertz CT molecular complexity index is 709. The van der Waals surface area contributed by atoms with E-state index in [4.69, 9.17) is 0 Å². The number of aryl methyl sites for hydroxylation is 1. The van der Waals surface area contributed by atoms with Gasteiger partial charge >= 0.3 is 0 Å². The van der Waals surface area contributed by atoms with E-state index in [9.17, 15) is 9.18 Å². The molecule has 2 atom stereocenters. The maximum atomic E-state index is 12.9. The van der Waals surface area contributed by atoms with E-state index in [-0.39, 0.29) is 23.6 Å². The fourth-order valence-electron chi connectivity index (χ4n) is 3.20. The lowest BCUT2D eigenvalue weighted by Crippen LogP contribution is -2.26. The van der Waals surface area contributed by atoms with Gasteiger partial charge in [-0.2, -0.15) is 0 Å². The number of carbonyl (C=O) groups excluding carboxylic acids is 1. The Kier molecular flexibility index (Phi) is 3.17. The largest absolute Gasteiger partial charge is 0.349 e. The Morgan fingerprint density at radius 1 is 1.32 bits per heavy atom. The molecule has 1 aromatic carbocycles. The van der Waals surface area contributed by atoms with Crippen LogP contribution in [0.25, 0.3) is 0 Å². The standard InChI is InChI=1S/C16H17FN4O/c17-11-5-3-10(4-6-11)12-8-13(12)16(22)18-9-15-20-19-14-2-1-7-21(14)15/h3-6,12-13H,1-2,7-9H2,(H,18,22)/t12-,13+/m1/s1. The summed E-state index contributed by atoms with van der Waals surface area (Å²) in [5.41, 5.74) is 1.03. The Balaban J connectivity index is 1.35. The van der Waals surface area contributed by atoms with Crippen LogP contribution in [-0.4, -0.2) is 20.7 Å². The first-order chi connectivity index (χ1) is 10.7. The Morgan fingerprint density at radius 3 is 2.95 bits per heavy atom. The highest BCUT2D eigenvalue weighted by Crippen LogP contribution is 2.47. The summed E-state index contributed by atoms with van der Waals surface area (Å²) in [5.74, 6) is 1.85. The molecule has 22 heavy (non-hydrogen) atoms. The first-order valence-corrected chi connectivity index (χ1v) is 7.66. The lowest BCUT2D eigenvalue weighted by molar-refractivity contribution is -0.122. The van der Waals surface area contributed by atoms with E-state index in [0.717, 1.165) is 43.0 Å². The van der Waals surface area contributed by atoms with Crippen LogP contribution in [0.2, 0.25) is 0 Å². The third kappa shape index (κ3) is 2.38. The van der Waals surface area contributed by atoms with Crippen LogP contribution in [0.1, 0.15) is 36.0 Å². The molecule has 1 amide bonds. The van der Waals surface area contributed by atoms with Crippen molar-refractivity contribution in [3.05, 3.63) is 47.3 Å². The molecule has 0 spiro atoms. The number of halogens is 1. The molecule has 0 bridgehead atoms. The predicted octanol–water partition coefficient (Wildman–Crippen LogP) is 1.78. The third-order valence-electron chi connectivity index (χ3n) is 4.53. The van der Waals surface area contributed by atoms with E-state index in [2.05, 4.69) is 20.1 Å². The summed E-state index contributed by atoms with van der Waals surface area (Å²) in [4.78, 5) is 12.2. The number of nitrogens with zero attached hydrogens (tertiary/aromatic N) is 3. The van der Waals surface area contributed by atoms with Crippen molar-refractivity contribution < 1.29 is 9.18 Å². The van der Waals surface area contributed by atoms with Crippen LogP contribution in [-0.2, 0) is 24.3 Å². The number of benzene rings is 1. The summed E-state index contributed by atoms with van der Waals surface area (Å²) in [6.45, 7) is 1.37. The first kappa shape index (κ1) is 13.4. The van der Waals surface area contributed by atoms with Crippen molar-refractivity contribution in [3.63, 3.8) is 0 Å². The lowest BCUT2D eigenvalue weighted by Gasteiger charge is -2.06. The molecule has 1 fully saturated rings. The second-order valence-electron chi connectivity index (χ2n) is 6.01. The number of fused-ring (bicyclic) bond motifs is 1. The number of amides is 1. The van der Waals surface area contributed by atoms with Crippen LogP contribution in [0.5, 0.6) is 0 Å². The molecule has 1 saturated carbocycles. The van der Waals surface area contributed by atoms with Gasteiger partial charge in [0, 0.05) is 18.9 Å². The minimum Gasteiger partial charge on any atom is -0.349 e. The van der Waals surface area contributed by atoms with Gasteiger partial charge in [-0.05, 0) is 36.5 Å². The highest BCUT2D eigenvalue weighted by molar-refractivity contribution is 5.82. The van der Waals surface area contributed by atoms with Gasteiger partial charge in [0.05, 0.1) is 6.54 Å². The van der Waals surface area contributed by atoms with Crippen LogP contribution in [0.15, 0.2) is 24.3 Å². The van der Waals surface area contributed by atoms with Crippen LogP contribution < -0.4 is 5.32 Å². The maximum Gasteiger partial charge on any atom is 0.224 e.